The van der Waals surface area contributed by atoms with Crippen molar-refractivity contribution in [2.45, 2.75) is 53.5 Å². The molecule has 0 spiro atoms. The highest BCUT2D eigenvalue weighted by molar-refractivity contribution is 5.69. The van der Waals surface area contributed by atoms with Crippen LogP contribution in [0.1, 0.15) is 52.7 Å². The van der Waals surface area contributed by atoms with E-state index >= 15 is 0 Å². The zero-order valence-corrected chi connectivity index (χ0v) is 14.2. The van der Waals surface area contributed by atoms with Crippen LogP contribution in [0.15, 0.2) is 11.0 Å². The zero-order valence-electron chi connectivity index (χ0n) is 14.2. The van der Waals surface area contributed by atoms with Gasteiger partial charge < -0.3 is 4.74 Å². The summed E-state index contributed by atoms with van der Waals surface area (Å²) in [4.78, 5) is 25.6. The maximum absolute atomic E-state index is 12.7. The Morgan fingerprint density at radius 1 is 1.27 bits per heavy atom. The zero-order chi connectivity index (χ0) is 16.5. The largest absolute Gasteiger partial charge is 0.467 e. The lowest BCUT2D eigenvalue weighted by molar-refractivity contribution is 0.348. The highest BCUT2D eigenvalue weighted by atomic mass is 16.5. The van der Waals surface area contributed by atoms with Crippen LogP contribution in [0.2, 0.25) is 0 Å². The summed E-state index contributed by atoms with van der Waals surface area (Å²) in [5, 5.41) is 0. The second-order valence-corrected chi connectivity index (χ2v) is 6.98. The highest BCUT2D eigenvalue weighted by Crippen LogP contribution is 2.21. The third-order valence-electron chi connectivity index (χ3n) is 3.50. The summed E-state index contributed by atoms with van der Waals surface area (Å²) in [5.41, 5.74) is 1.76. The van der Waals surface area contributed by atoms with E-state index < -0.39 is 0 Å². The van der Waals surface area contributed by atoms with Crippen LogP contribution in [0.25, 0.3) is 11.2 Å². The molecule has 0 aliphatic carbocycles. The average molecular weight is 304 g/mol. The van der Waals surface area contributed by atoms with Gasteiger partial charge in [0.2, 0.25) is 0 Å². The molecule has 6 nitrogen and oxygen atoms in total. The minimum absolute atomic E-state index is 0.0555. The van der Waals surface area contributed by atoms with Gasteiger partial charge in [0, 0.05) is 12.5 Å². The van der Waals surface area contributed by atoms with Crippen LogP contribution >= 0.6 is 0 Å². The van der Waals surface area contributed by atoms with Crippen LogP contribution in [-0.4, -0.2) is 26.6 Å². The van der Waals surface area contributed by atoms with Gasteiger partial charge in [-0.2, -0.15) is 4.98 Å². The van der Waals surface area contributed by atoms with Crippen molar-refractivity contribution >= 4 is 11.2 Å². The minimum Gasteiger partial charge on any atom is -0.467 e. The van der Waals surface area contributed by atoms with Crippen molar-refractivity contribution in [2.24, 2.45) is 5.41 Å². The summed E-state index contributed by atoms with van der Waals surface area (Å²) in [6, 6.07) is 0.246. The van der Waals surface area contributed by atoms with Gasteiger partial charge in [-0.3, -0.25) is 9.36 Å². The second kappa shape index (κ2) is 6.02. The molecule has 2 aromatic heterocycles. The molecule has 0 atom stereocenters. The van der Waals surface area contributed by atoms with Crippen LogP contribution in [0.4, 0.5) is 0 Å². The average Bonchev–Trinajstić information content (AvgIpc) is 2.43. The molecule has 2 aromatic rings. The Labute approximate surface area is 130 Å². The number of fused-ring (bicyclic) bond motifs is 1. The number of methoxy groups -OCH3 is 1. The van der Waals surface area contributed by atoms with E-state index in [1.807, 2.05) is 13.8 Å². The summed E-state index contributed by atoms with van der Waals surface area (Å²) >= 11 is 0. The lowest BCUT2D eigenvalue weighted by atomic mass is 9.92. The molecule has 0 aliphatic heterocycles. The predicted octanol–water partition coefficient (Wildman–Crippen LogP) is 2.75. The predicted molar refractivity (Wildman–Crippen MR) is 86.3 cm³/mol. The smallest absolute Gasteiger partial charge is 0.318 e. The highest BCUT2D eigenvalue weighted by Gasteiger charge is 2.18. The fourth-order valence-corrected chi connectivity index (χ4v) is 2.17. The van der Waals surface area contributed by atoms with E-state index in [0.29, 0.717) is 23.4 Å². The molecule has 2 heterocycles. The lowest BCUT2D eigenvalue weighted by Gasteiger charge is -2.20. The van der Waals surface area contributed by atoms with E-state index in [4.69, 9.17) is 4.74 Å². The van der Waals surface area contributed by atoms with Gasteiger partial charge in [0.25, 0.3) is 5.56 Å². The van der Waals surface area contributed by atoms with Crippen LogP contribution in [0, 0.1) is 5.41 Å². The summed E-state index contributed by atoms with van der Waals surface area (Å²) in [5.74, 6) is 0.0555. The number of aryl methyl sites for hydroxylation is 1. The Bertz CT molecular complexity index is 729. The molecule has 0 amide bonds. The van der Waals surface area contributed by atoms with Crippen molar-refractivity contribution < 1.29 is 4.74 Å². The van der Waals surface area contributed by atoms with Crippen molar-refractivity contribution in [2.75, 3.05) is 7.11 Å². The van der Waals surface area contributed by atoms with Crippen LogP contribution in [-0.2, 0) is 6.54 Å². The van der Waals surface area contributed by atoms with Gasteiger partial charge >= 0.3 is 6.01 Å². The molecule has 0 aliphatic rings. The van der Waals surface area contributed by atoms with Gasteiger partial charge in [0.05, 0.1) is 13.3 Å². The van der Waals surface area contributed by atoms with Crippen molar-refractivity contribution in [1.29, 1.82) is 0 Å². The molecule has 0 radical (unpaired) electrons. The Morgan fingerprint density at radius 2 is 1.95 bits per heavy atom. The molecule has 2 rings (SSSR count). The van der Waals surface area contributed by atoms with Crippen molar-refractivity contribution in [3.63, 3.8) is 0 Å². The Kier molecular flexibility index (Phi) is 4.49. The standard InChI is InChI=1S/C16H24N4O2/c1-10(2)12-14(21)20(8-7-16(3,4)5)13-11(18-12)9-17-15(19-13)22-6/h9-10H,7-8H2,1-6H3. The van der Waals surface area contributed by atoms with Gasteiger partial charge in [0.15, 0.2) is 5.65 Å². The summed E-state index contributed by atoms with van der Waals surface area (Å²) < 4.78 is 6.78. The number of rotatable bonds is 4. The number of nitrogens with zero attached hydrogens (tertiary/aromatic N) is 4. The fourth-order valence-electron chi connectivity index (χ4n) is 2.17. The molecular formula is C16H24N4O2. The summed E-state index contributed by atoms with van der Waals surface area (Å²) in [6.07, 6.45) is 2.48. The molecule has 0 fully saturated rings. The topological polar surface area (TPSA) is 69.9 Å². The third kappa shape index (κ3) is 3.43. The fraction of sp³-hybridized carbons (Fsp3) is 0.625. The molecule has 120 valence electrons. The van der Waals surface area contributed by atoms with Crippen LogP contribution in [0.3, 0.4) is 0 Å². The van der Waals surface area contributed by atoms with Crippen molar-refractivity contribution in [3.05, 3.63) is 22.2 Å². The maximum Gasteiger partial charge on any atom is 0.318 e. The molecule has 0 N–H and O–H groups in total. The van der Waals surface area contributed by atoms with Crippen molar-refractivity contribution in [1.82, 2.24) is 19.5 Å². The first-order valence-electron chi connectivity index (χ1n) is 7.54. The van der Waals surface area contributed by atoms with Crippen LogP contribution < -0.4 is 10.3 Å². The first-order chi connectivity index (χ1) is 10.2. The molecular weight excluding hydrogens is 280 g/mol. The van der Waals surface area contributed by atoms with E-state index in [2.05, 4.69) is 35.7 Å². The normalized spacial score (nSPS) is 12.1. The number of aromatic nitrogens is 4. The number of ether oxygens (including phenoxy) is 1. The second-order valence-electron chi connectivity index (χ2n) is 6.98. The first-order valence-corrected chi connectivity index (χ1v) is 7.54. The SMILES string of the molecule is COc1ncc2nc(C(C)C)c(=O)n(CCC(C)(C)C)c2n1. The van der Waals surface area contributed by atoms with E-state index in [1.54, 1.807) is 10.8 Å². The Hall–Kier alpha value is -1.98. The molecule has 0 saturated carbocycles. The van der Waals surface area contributed by atoms with Gasteiger partial charge in [-0.15, -0.1) is 0 Å². The molecule has 0 unspecified atom stereocenters. The maximum atomic E-state index is 12.7. The quantitative estimate of drug-likeness (QED) is 0.868. The molecule has 0 bridgehead atoms. The summed E-state index contributed by atoms with van der Waals surface area (Å²) in [6.45, 7) is 11.0. The van der Waals surface area contributed by atoms with E-state index in [1.165, 1.54) is 7.11 Å². The lowest BCUT2D eigenvalue weighted by Crippen LogP contribution is -2.28. The Morgan fingerprint density at radius 3 is 2.50 bits per heavy atom. The van der Waals surface area contributed by atoms with Gasteiger partial charge in [0.1, 0.15) is 11.2 Å². The molecule has 6 heteroatoms. The van der Waals surface area contributed by atoms with E-state index in [0.717, 1.165) is 6.42 Å². The molecule has 0 saturated heterocycles. The van der Waals surface area contributed by atoms with Gasteiger partial charge in [-0.1, -0.05) is 34.6 Å². The molecule has 22 heavy (non-hydrogen) atoms. The Balaban J connectivity index is 2.66. The monoisotopic (exact) mass is 304 g/mol. The van der Waals surface area contributed by atoms with Gasteiger partial charge in [-0.25, -0.2) is 9.97 Å². The van der Waals surface area contributed by atoms with E-state index in [9.17, 15) is 4.79 Å². The number of hydrogen-bond donors (Lipinski definition) is 0. The van der Waals surface area contributed by atoms with E-state index in [-0.39, 0.29) is 22.9 Å². The van der Waals surface area contributed by atoms with Gasteiger partial charge in [-0.05, 0) is 11.8 Å². The third-order valence-corrected chi connectivity index (χ3v) is 3.50. The summed E-state index contributed by atoms with van der Waals surface area (Å²) in [7, 11) is 1.51. The minimum atomic E-state index is -0.0764. The number of hydrogen-bond acceptors (Lipinski definition) is 5. The first kappa shape index (κ1) is 16.4. The van der Waals surface area contributed by atoms with Crippen molar-refractivity contribution in [3.8, 4) is 6.01 Å². The molecule has 0 aromatic carbocycles. The van der Waals surface area contributed by atoms with Crippen LogP contribution in [0.5, 0.6) is 6.01 Å².